The van der Waals surface area contributed by atoms with Crippen LogP contribution >= 0.6 is 0 Å². The standard InChI is InChI=1S/C15H17NO2/c1-3-16(4-2)13-7-5-6-12(10-13)15-9-8-14(11-17)18-15/h5-11H,3-4H2,1-2H3. The summed E-state index contributed by atoms with van der Waals surface area (Å²) in [4.78, 5) is 12.9. The molecule has 1 aromatic carbocycles. The molecule has 18 heavy (non-hydrogen) atoms. The van der Waals surface area contributed by atoms with Crippen LogP contribution in [0.15, 0.2) is 40.8 Å². The Labute approximate surface area is 107 Å². The van der Waals surface area contributed by atoms with Crippen molar-refractivity contribution >= 4 is 12.0 Å². The number of anilines is 1. The van der Waals surface area contributed by atoms with Crippen molar-refractivity contribution in [2.45, 2.75) is 13.8 Å². The van der Waals surface area contributed by atoms with E-state index < -0.39 is 0 Å². The maximum atomic E-state index is 10.6. The van der Waals surface area contributed by atoms with Crippen LogP contribution in [0.25, 0.3) is 11.3 Å². The van der Waals surface area contributed by atoms with Gasteiger partial charge in [0, 0.05) is 24.3 Å². The Balaban J connectivity index is 2.34. The van der Waals surface area contributed by atoms with Crippen molar-refractivity contribution in [3.05, 3.63) is 42.2 Å². The van der Waals surface area contributed by atoms with Crippen molar-refractivity contribution in [1.82, 2.24) is 0 Å². The molecular weight excluding hydrogens is 226 g/mol. The molecule has 2 rings (SSSR count). The first-order valence-electron chi connectivity index (χ1n) is 6.18. The van der Waals surface area contributed by atoms with Crippen molar-refractivity contribution < 1.29 is 9.21 Å². The molecule has 1 heterocycles. The second-order valence-electron chi connectivity index (χ2n) is 4.04. The Kier molecular flexibility index (Phi) is 3.82. The van der Waals surface area contributed by atoms with Gasteiger partial charge in [0.25, 0.3) is 0 Å². The largest absolute Gasteiger partial charge is 0.453 e. The van der Waals surface area contributed by atoms with E-state index in [-0.39, 0.29) is 0 Å². The highest BCUT2D eigenvalue weighted by molar-refractivity contribution is 5.73. The molecule has 3 heteroatoms. The van der Waals surface area contributed by atoms with Gasteiger partial charge in [0.1, 0.15) is 5.76 Å². The molecule has 94 valence electrons. The predicted molar refractivity (Wildman–Crippen MR) is 73.1 cm³/mol. The van der Waals surface area contributed by atoms with E-state index in [1.807, 2.05) is 18.2 Å². The van der Waals surface area contributed by atoms with E-state index in [1.54, 1.807) is 6.07 Å². The lowest BCUT2D eigenvalue weighted by atomic mass is 10.1. The number of furan rings is 1. The topological polar surface area (TPSA) is 33.5 Å². The second kappa shape index (κ2) is 5.54. The Bertz CT molecular complexity index is 527. The van der Waals surface area contributed by atoms with Gasteiger partial charge in [0.2, 0.25) is 0 Å². The summed E-state index contributed by atoms with van der Waals surface area (Å²) in [5, 5.41) is 0. The minimum Gasteiger partial charge on any atom is -0.453 e. The Hall–Kier alpha value is -2.03. The van der Waals surface area contributed by atoms with Gasteiger partial charge in [-0.1, -0.05) is 12.1 Å². The maximum absolute atomic E-state index is 10.6. The molecule has 1 aromatic heterocycles. The third-order valence-corrected chi connectivity index (χ3v) is 3.00. The predicted octanol–water partition coefficient (Wildman–Crippen LogP) is 3.61. The van der Waals surface area contributed by atoms with Gasteiger partial charge >= 0.3 is 0 Å². The summed E-state index contributed by atoms with van der Waals surface area (Å²) in [7, 11) is 0. The van der Waals surface area contributed by atoms with Gasteiger partial charge in [-0.2, -0.15) is 0 Å². The van der Waals surface area contributed by atoms with Gasteiger partial charge in [-0.25, -0.2) is 0 Å². The average Bonchev–Trinajstić information content (AvgIpc) is 2.89. The van der Waals surface area contributed by atoms with Crippen LogP contribution in [0.2, 0.25) is 0 Å². The fraction of sp³-hybridized carbons (Fsp3) is 0.267. The fourth-order valence-corrected chi connectivity index (χ4v) is 2.02. The highest BCUT2D eigenvalue weighted by Gasteiger charge is 2.07. The minimum absolute atomic E-state index is 0.359. The van der Waals surface area contributed by atoms with E-state index in [9.17, 15) is 4.79 Å². The van der Waals surface area contributed by atoms with Crippen LogP contribution in [-0.2, 0) is 0 Å². The van der Waals surface area contributed by atoms with Crippen LogP contribution in [0.4, 0.5) is 5.69 Å². The summed E-state index contributed by atoms with van der Waals surface area (Å²) in [6.07, 6.45) is 0.720. The zero-order valence-corrected chi connectivity index (χ0v) is 10.7. The summed E-state index contributed by atoms with van der Waals surface area (Å²) < 4.78 is 5.43. The number of carbonyl (C=O) groups excluding carboxylic acids is 1. The number of hydrogen-bond acceptors (Lipinski definition) is 3. The number of nitrogens with zero attached hydrogens (tertiary/aromatic N) is 1. The van der Waals surface area contributed by atoms with E-state index in [2.05, 4.69) is 30.9 Å². The maximum Gasteiger partial charge on any atom is 0.185 e. The molecular formula is C15H17NO2. The molecule has 2 aromatic rings. The quantitative estimate of drug-likeness (QED) is 0.752. The summed E-state index contributed by atoms with van der Waals surface area (Å²) in [6.45, 7) is 6.20. The van der Waals surface area contributed by atoms with Gasteiger partial charge in [-0.05, 0) is 38.1 Å². The fourth-order valence-electron chi connectivity index (χ4n) is 2.02. The van der Waals surface area contributed by atoms with E-state index in [0.29, 0.717) is 5.76 Å². The first-order chi connectivity index (χ1) is 8.78. The molecule has 0 N–H and O–H groups in total. The summed E-state index contributed by atoms with van der Waals surface area (Å²) in [5.41, 5.74) is 2.16. The molecule has 0 fully saturated rings. The number of carbonyl (C=O) groups is 1. The lowest BCUT2D eigenvalue weighted by Crippen LogP contribution is -2.21. The number of rotatable bonds is 5. The normalized spacial score (nSPS) is 10.3. The van der Waals surface area contributed by atoms with Crippen LogP contribution in [0.1, 0.15) is 24.4 Å². The summed E-state index contributed by atoms with van der Waals surface area (Å²) >= 11 is 0. The molecule has 0 aliphatic rings. The van der Waals surface area contributed by atoms with Crippen molar-refractivity contribution in [3.8, 4) is 11.3 Å². The molecule has 0 aliphatic carbocycles. The highest BCUT2D eigenvalue weighted by atomic mass is 16.3. The zero-order chi connectivity index (χ0) is 13.0. The molecule has 0 saturated carbocycles. The Morgan fingerprint density at radius 1 is 1.17 bits per heavy atom. The average molecular weight is 243 g/mol. The first-order valence-corrected chi connectivity index (χ1v) is 6.18. The van der Waals surface area contributed by atoms with Crippen molar-refractivity contribution in [2.75, 3.05) is 18.0 Å². The van der Waals surface area contributed by atoms with E-state index in [4.69, 9.17) is 4.42 Å². The third-order valence-electron chi connectivity index (χ3n) is 3.00. The Morgan fingerprint density at radius 2 is 1.94 bits per heavy atom. The van der Waals surface area contributed by atoms with Gasteiger partial charge in [0.05, 0.1) is 0 Å². The second-order valence-corrected chi connectivity index (χ2v) is 4.04. The van der Waals surface area contributed by atoms with Crippen LogP contribution < -0.4 is 4.90 Å². The lowest BCUT2D eigenvalue weighted by molar-refractivity contribution is 0.110. The van der Waals surface area contributed by atoms with Crippen LogP contribution in [0.3, 0.4) is 0 Å². The van der Waals surface area contributed by atoms with Crippen LogP contribution in [-0.4, -0.2) is 19.4 Å². The smallest absolute Gasteiger partial charge is 0.185 e. The Morgan fingerprint density at radius 3 is 2.56 bits per heavy atom. The zero-order valence-electron chi connectivity index (χ0n) is 10.7. The number of hydrogen-bond donors (Lipinski definition) is 0. The number of benzene rings is 1. The van der Waals surface area contributed by atoms with E-state index in [1.165, 1.54) is 5.69 Å². The minimum atomic E-state index is 0.359. The third kappa shape index (κ3) is 2.45. The molecule has 0 atom stereocenters. The van der Waals surface area contributed by atoms with Gasteiger partial charge in [0.15, 0.2) is 12.0 Å². The van der Waals surface area contributed by atoms with Gasteiger partial charge in [-0.3, -0.25) is 4.79 Å². The molecule has 0 spiro atoms. The summed E-state index contributed by atoms with van der Waals surface area (Å²) in [5.74, 6) is 1.09. The summed E-state index contributed by atoms with van der Waals surface area (Å²) in [6, 6.07) is 11.7. The molecule has 3 nitrogen and oxygen atoms in total. The highest BCUT2D eigenvalue weighted by Crippen LogP contribution is 2.26. The lowest BCUT2D eigenvalue weighted by Gasteiger charge is -2.21. The van der Waals surface area contributed by atoms with Crippen LogP contribution in [0, 0.1) is 0 Å². The van der Waals surface area contributed by atoms with Crippen molar-refractivity contribution in [2.24, 2.45) is 0 Å². The molecule has 0 aliphatic heterocycles. The molecule has 0 saturated heterocycles. The van der Waals surface area contributed by atoms with Gasteiger partial charge in [-0.15, -0.1) is 0 Å². The monoisotopic (exact) mass is 243 g/mol. The molecule has 0 radical (unpaired) electrons. The van der Waals surface area contributed by atoms with Crippen molar-refractivity contribution in [1.29, 1.82) is 0 Å². The van der Waals surface area contributed by atoms with E-state index in [0.717, 1.165) is 30.7 Å². The SMILES string of the molecule is CCN(CC)c1cccc(-c2ccc(C=O)o2)c1. The van der Waals surface area contributed by atoms with Gasteiger partial charge < -0.3 is 9.32 Å². The van der Waals surface area contributed by atoms with E-state index >= 15 is 0 Å². The number of aldehydes is 1. The molecule has 0 unspecified atom stereocenters. The van der Waals surface area contributed by atoms with Crippen molar-refractivity contribution in [3.63, 3.8) is 0 Å². The molecule has 0 amide bonds. The first kappa shape index (κ1) is 12.4. The molecule has 0 bridgehead atoms. The van der Waals surface area contributed by atoms with Crippen LogP contribution in [0.5, 0.6) is 0 Å².